The summed E-state index contributed by atoms with van der Waals surface area (Å²) in [6, 6.07) is 4.56. The van der Waals surface area contributed by atoms with Crippen LogP contribution in [0.2, 0.25) is 0 Å². The summed E-state index contributed by atoms with van der Waals surface area (Å²) in [6.45, 7) is 5.33. The van der Waals surface area contributed by atoms with Crippen molar-refractivity contribution in [3.63, 3.8) is 0 Å². The summed E-state index contributed by atoms with van der Waals surface area (Å²) in [6.07, 6.45) is 0. The van der Waals surface area contributed by atoms with Crippen molar-refractivity contribution in [2.24, 2.45) is 0 Å². The summed E-state index contributed by atoms with van der Waals surface area (Å²) in [7, 11) is 0. The van der Waals surface area contributed by atoms with E-state index in [1.54, 1.807) is 6.07 Å². The van der Waals surface area contributed by atoms with Gasteiger partial charge in [-0.1, -0.05) is 0 Å². The normalized spacial score (nSPS) is 13.6. The van der Waals surface area contributed by atoms with Gasteiger partial charge in [0.1, 0.15) is 24.0 Å². The van der Waals surface area contributed by atoms with Crippen LogP contribution in [0.15, 0.2) is 18.2 Å². The molecule has 0 radical (unpaired) electrons. The second-order valence-electron chi connectivity index (χ2n) is 4.25. The molecule has 0 unspecified atom stereocenters. The Labute approximate surface area is 98.9 Å². The fourth-order valence-corrected chi connectivity index (χ4v) is 2.18. The van der Waals surface area contributed by atoms with E-state index < -0.39 is 0 Å². The summed E-state index contributed by atoms with van der Waals surface area (Å²) in [4.78, 5) is 4.51. The van der Waals surface area contributed by atoms with Crippen LogP contribution in [-0.2, 0) is 6.54 Å². The minimum atomic E-state index is -0.265. The summed E-state index contributed by atoms with van der Waals surface area (Å²) >= 11 is 0. The number of fused-ring (bicyclic) bond motifs is 3. The highest BCUT2D eigenvalue weighted by Crippen LogP contribution is 2.33. The Hall–Kier alpha value is -1.84. The Morgan fingerprint density at radius 3 is 3.00 bits per heavy atom. The molecule has 0 atom stereocenters. The van der Waals surface area contributed by atoms with Crippen LogP contribution in [0, 0.1) is 19.7 Å². The van der Waals surface area contributed by atoms with E-state index >= 15 is 0 Å². The lowest BCUT2D eigenvalue weighted by Crippen LogP contribution is -2.07. The number of halogens is 1. The van der Waals surface area contributed by atoms with E-state index in [-0.39, 0.29) is 5.82 Å². The fourth-order valence-electron chi connectivity index (χ4n) is 2.18. The third kappa shape index (κ3) is 1.52. The Bertz CT molecular complexity index is 589. The zero-order valence-electron chi connectivity index (χ0n) is 9.83. The van der Waals surface area contributed by atoms with Gasteiger partial charge < -0.3 is 9.30 Å². The molecule has 0 saturated heterocycles. The molecule has 0 spiro atoms. The zero-order valence-corrected chi connectivity index (χ0v) is 9.83. The average molecular weight is 232 g/mol. The monoisotopic (exact) mass is 232 g/mol. The molecule has 0 fully saturated rings. The molecular formula is C13H13FN2O. The van der Waals surface area contributed by atoms with Crippen LogP contribution in [-0.4, -0.2) is 16.2 Å². The Morgan fingerprint density at radius 1 is 1.35 bits per heavy atom. The van der Waals surface area contributed by atoms with E-state index in [4.69, 9.17) is 4.74 Å². The van der Waals surface area contributed by atoms with Crippen molar-refractivity contribution in [3.05, 3.63) is 35.4 Å². The fraction of sp³-hybridized carbons (Fsp3) is 0.308. The minimum Gasteiger partial charge on any atom is -0.491 e. The predicted octanol–water partition coefficient (Wildman–Crippen LogP) is 2.70. The lowest BCUT2D eigenvalue weighted by molar-refractivity contribution is 0.305. The van der Waals surface area contributed by atoms with Crippen LogP contribution < -0.4 is 4.74 Å². The highest BCUT2D eigenvalue weighted by atomic mass is 19.1. The summed E-state index contributed by atoms with van der Waals surface area (Å²) in [5.41, 5.74) is 2.83. The van der Waals surface area contributed by atoms with Crippen LogP contribution in [0.5, 0.6) is 5.75 Å². The van der Waals surface area contributed by atoms with Crippen molar-refractivity contribution in [2.75, 3.05) is 6.61 Å². The highest BCUT2D eigenvalue weighted by molar-refractivity contribution is 5.66. The maximum Gasteiger partial charge on any atom is 0.144 e. The second-order valence-corrected chi connectivity index (χ2v) is 4.25. The lowest BCUT2D eigenvalue weighted by atomic mass is 10.2. The van der Waals surface area contributed by atoms with Crippen molar-refractivity contribution in [2.45, 2.75) is 20.4 Å². The van der Waals surface area contributed by atoms with Gasteiger partial charge in [-0.3, -0.25) is 0 Å². The molecule has 1 aliphatic rings. The summed E-state index contributed by atoms with van der Waals surface area (Å²) in [5.74, 6) is 1.24. The topological polar surface area (TPSA) is 27.1 Å². The van der Waals surface area contributed by atoms with Crippen LogP contribution in [0.3, 0.4) is 0 Å². The molecular weight excluding hydrogens is 219 g/mol. The zero-order chi connectivity index (χ0) is 12.0. The lowest BCUT2D eigenvalue weighted by Gasteiger charge is -2.05. The molecule has 2 aromatic rings. The number of rotatable bonds is 0. The molecule has 4 heteroatoms. The molecule has 88 valence electrons. The van der Waals surface area contributed by atoms with Crippen LogP contribution in [0.25, 0.3) is 11.4 Å². The van der Waals surface area contributed by atoms with E-state index in [1.807, 2.05) is 13.8 Å². The van der Waals surface area contributed by atoms with Gasteiger partial charge in [-0.05, 0) is 32.0 Å². The molecule has 3 rings (SSSR count). The summed E-state index contributed by atoms with van der Waals surface area (Å²) in [5, 5.41) is 0. The van der Waals surface area contributed by atoms with E-state index in [1.165, 1.54) is 12.1 Å². The first-order valence-electron chi connectivity index (χ1n) is 5.63. The van der Waals surface area contributed by atoms with Crippen molar-refractivity contribution in [1.29, 1.82) is 0 Å². The van der Waals surface area contributed by atoms with Crippen molar-refractivity contribution in [1.82, 2.24) is 9.55 Å². The number of imidazole rings is 1. The van der Waals surface area contributed by atoms with Gasteiger partial charge >= 0.3 is 0 Å². The Balaban J connectivity index is 2.30. The molecule has 0 bridgehead atoms. The van der Waals surface area contributed by atoms with E-state index in [0.717, 1.165) is 29.3 Å². The molecule has 17 heavy (non-hydrogen) atoms. The van der Waals surface area contributed by atoms with Crippen LogP contribution in [0.1, 0.15) is 11.4 Å². The second kappa shape index (κ2) is 3.58. The first kappa shape index (κ1) is 10.3. The van der Waals surface area contributed by atoms with Gasteiger partial charge in [-0.2, -0.15) is 0 Å². The van der Waals surface area contributed by atoms with E-state index in [0.29, 0.717) is 12.4 Å². The van der Waals surface area contributed by atoms with Gasteiger partial charge in [-0.15, -0.1) is 0 Å². The number of aromatic nitrogens is 2. The first-order chi connectivity index (χ1) is 8.16. The number of benzene rings is 1. The predicted molar refractivity (Wildman–Crippen MR) is 62.6 cm³/mol. The molecule has 0 saturated carbocycles. The highest BCUT2D eigenvalue weighted by Gasteiger charge is 2.20. The maximum absolute atomic E-state index is 13.3. The van der Waals surface area contributed by atoms with Gasteiger partial charge in [0, 0.05) is 5.69 Å². The quantitative estimate of drug-likeness (QED) is 0.698. The number of hydrogen-bond acceptors (Lipinski definition) is 2. The molecule has 3 nitrogen and oxygen atoms in total. The van der Waals surface area contributed by atoms with Gasteiger partial charge in [0.15, 0.2) is 0 Å². The average Bonchev–Trinajstić information content (AvgIpc) is 2.49. The van der Waals surface area contributed by atoms with E-state index in [2.05, 4.69) is 9.55 Å². The Morgan fingerprint density at radius 2 is 2.18 bits per heavy atom. The third-order valence-corrected chi connectivity index (χ3v) is 3.21. The SMILES string of the molecule is Cc1nc2n(c1C)CCOc1ccc(F)cc1-2. The maximum atomic E-state index is 13.3. The largest absolute Gasteiger partial charge is 0.491 e. The van der Waals surface area contributed by atoms with Crippen molar-refractivity contribution in [3.8, 4) is 17.1 Å². The van der Waals surface area contributed by atoms with Crippen LogP contribution in [0.4, 0.5) is 4.39 Å². The van der Waals surface area contributed by atoms with Gasteiger partial charge in [-0.25, -0.2) is 9.37 Å². The van der Waals surface area contributed by atoms with Crippen LogP contribution >= 0.6 is 0 Å². The molecule has 0 aliphatic carbocycles. The van der Waals surface area contributed by atoms with Crippen molar-refractivity contribution < 1.29 is 9.13 Å². The summed E-state index contributed by atoms with van der Waals surface area (Å²) < 4.78 is 21.0. The molecule has 1 aromatic heterocycles. The minimum absolute atomic E-state index is 0.265. The molecule has 1 aliphatic heterocycles. The Kier molecular flexibility index (Phi) is 2.18. The van der Waals surface area contributed by atoms with Gasteiger partial charge in [0.2, 0.25) is 0 Å². The number of aryl methyl sites for hydroxylation is 1. The molecule has 0 amide bonds. The third-order valence-electron chi connectivity index (χ3n) is 3.21. The van der Waals surface area contributed by atoms with E-state index in [9.17, 15) is 4.39 Å². The molecule has 2 heterocycles. The van der Waals surface area contributed by atoms with Gasteiger partial charge in [0.25, 0.3) is 0 Å². The standard InChI is InChI=1S/C13H13FN2O/c1-8-9(2)16-5-6-17-12-4-3-10(14)7-11(12)13(16)15-8/h3-4,7H,5-6H2,1-2H3. The van der Waals surface area contributed by atoms with Gasteiger partial charge in [0.05, 0.1) is 17.8 Å². The van der Waals surface area contributed by atoms with Crippen molar-refractivity contribution >= 4 is 0 Å². The molecule has 0 N–H and O–H groups in total. The molecule has 1 aromatic carbocycles. The number of nitrogens with zero attached hydrogens (tertiary/aromatic N) is 2. The number of hydrogen-bond donors (Lipinski definition) is 0. The number of ether oxygens (including phenoxy) is 1. The first-order valence-corrected chi connectivity index (χ1v) is 5.63. The smallest absolute Gasteiger partial charge is 0.144 e.